The maximum absolute atomic E-state index is 11.6. The molecule has 0 aromatic heterocycles. The Labute approximate surface area is 125 Å². The summed E-state index contributed by atoms with van der Waals surface area (Å²) in [6.07, 6.45) is 5.23. The van der Waals surface area contributed by atoms with E-state index in [1.165, 1.54) is 12.5 Å². The van der Waals surface area contributed by atoms with Crippen molar-refractivity contribution in [2.45, 2.75) is 70.9 Å². The molecule has 2 aliphatic carbocycles. The van der Waals surface area contributed by atoms with Gasteiger partial charge in [0.15, 0.2) is 0 Å². The van der Waals surface area contributed by atoms with Crippen molar-refractivity contribution in [3.05, 3.63) is 11.6 Å². The number of fused-ring (bicyclic) bond motifs is 2. The van der Waals surface area contributed by atoms with Gasteiger partial charge in [0, 0.05) is 24.2 Å². The Morgan fingerprint density at radius 2 is 2.14 bits per heavy atom. The first-order valence-corrected chi connectivity index (χ1v) is 7.97. The Kier molecular flexibility index (Phi) is 2.56. The fourth-order valence-corrected chi connectivity index (χ4v) is 5.22. The largest absolute Gasteiger partial charge is 0.462 e. The van der Waals surface area contributed by atoms with E-state index >= 15 is 0 Å². The van der Waals surface area contributed by atoms with E-state index in [0.717, 1.165) is 25.9 Å². The van der Waals surface area contributed by atoms with Gasteiger partial charge in [0.2, 0.25) is 0 Å². The minimum absolute atomic E-state index is 0.0455. The van der Waals surface area contributed by atoms with E-state index in [2.05, 4.69) is 26.8 Å². The number of allylic oxidation sites excluding steroid dienone is 1. The summed E-state index contributed by atoms with van der Waals surface area (Å²) in [6, 6.07) is 0. The second kappa shape index (κ2) is 3.90. The molecule has 21 heavy (non-hydrogen) atoms. The summed E-state index contributed by atoms with van der Waals surface area (Å²) in [5.41, 5.74) is 0.946. The highest BCUT2D eigenvalue weighted by Crippen LogP contribution is 2.71. The van der Waals surface area contributed by atoms with Crippen molar-refractivity contribution in [3.8, 4) is 0 Å². The fourth-order valence-electron chi connectivity index (χ4n) is 5.22. The van der Waals surface area contributed by atoms with Crippen molar-refractivity contribution >= 4 is 5.97 Å². The van der Waals surface area contributed by atoms with E-state index in [0.29, 0.717) is 0 Å². The number of rotatable bonds is 1. The summed E-state index contributed by atoms with van der Waals surface area (Å²) < 4.78 is 18.1. The van der Waals surface area contributed by atoms with Crippen LogP contribution < -0.4 is 0 Å². The smallest absolute Gasteiger partial charge is 0.302 e. The lowest BCUT2D eigenvalue weighted by molar-refractivity contribution is -0.210. The molecule has 0 amide bonds. The predicted octanol–water partition coefficient (Wildman–Crippen LogP) is 2.61. The molecule has 4 nitrogen and oxygen atoms in total. The van der Waals surface area contributed by atoms with Crippen molar-refractivity contribution in [2.75, 3.05) is 6.61 Å². The van der Waals surface area contributed by atoms with Gasteiger partial charge in [-0.3, -0.25) is 4.79 Å². The van der Waals surface area contributed by atoms with E-state index in [1.54, 1.807) is 0 Å². The van der Waals surface area contributed by atoms with Gasteiger partial charge in [-0.1, -0.05) is 25.5 Å². The summed E-state index contributed by atoms with van der Waals surface area (Å²) in [6.45, 7) is 8.96. The lowest BCUT2D eigenvalue weighted by Gasteiger charge is -2.57. The summed E-state index contributed by atoms with van der Waals surface area (Å²) >= 11 is 0. The van der Waals surface area contributed by atoms with Gasteiger partial charge in [0.05, 0.1) is 18.8 Å². The molecular formula is C17H24O4. The maximum atomic E-state index is 11.6. The topological polar surface area (TPSA) is 48.1 Å². The van der Waals surface area contributed by atoms with Gasteiger partial charge in [-0.05, 0) is 19.8 Å². The number of carbonyl (C=O) groups excluding carboxylic acids is 1. The van der Waals surface area contributed by atoms with E-state index in [4.69, 9.17) is 14.2 Å². The number of ether oxygens (including phenoxy) is 3. The standard InChI is InChI=1S/C17H24O4/c1-10-5-6-15(3)12(7-10)21-14-8-13(20-11(2)18)16(15,4)17(14)9-19-17/h7,12-14H,5-6,8-9H2,1-4H3/t12-,13-,14+,15-,16+,17+/m1/s1. The van der Waals surface area contributed by atoms with Crippen LogP contribution >= 0.6 is 0 Å². The van der Waals surface area contributed by atoms with Gasteiger partial charge in [-0.25, -0.2) is 0 Å². The Bertz CT molecular complexity index is 535. The van der Waals surface area contributed by atoms with E-state index < -0.39 is 0 Å². The maximum Gasteiger partial charge on any atom is 0.302 e. The molecule has 116 valence electrons. The molecule has 3 fully saturated rings. The van der Waals surface area contributed by atoms with Crippen molar-refractivity contribution in [3.63, 3.8) is 0 Å². The average Bonchev–Trinajstić information content (AvgIpc) is 3.16. The van der Waals surface area contributed by atoms with Crippen LogP contribution in [0, 0.1) is 10.8 Å². The first-order valence-electron chi connectivity index (χ1n) is 7.97. The van der Waals surface area contributed by atoms with Gasteiger partial charge < -0.3 is 14.2 Å². The van der Waals surface area contributed by atoms with Crippen LogP contribution in [0.4, 0.5) is 0 Å². The minimum Gasteiger partial charge on any atom is -0.462 e. The molecule has 2 heterocycles. The fraction of sp³-hybridized carbons (Fsp3) is 0.824. The number of esters is 1. The van der Waals surface area contributed by atoms with Crippen LogP contribution in [0.3, 0.4) is 0 Å². The van der Waals surface area contributed by atoms with Crippen LogP contribution in [-0.4, -0.2) is 36.5 Å². The van der Waals surface area contributed by atoms with Gasteiger partial charge in [0.1, 0.15) is 11.7 Å². The van der Waals surface area contributed by atoms with Gasteiger partial charge >= 0.3 is 5.97 Å². The van der Waals surface area contributed by atoms with Gasteiger partial charge in [-0.15, -0.1) is 0 Å². The number of carbonyl (C=O) groups is 1. The molecule has 0 unspecified atom stereocenters. The third-order valence-electron chi connectivity index (χ3n) is 6.83. The molecule has 2 aliphatic heterocycles. The zero-order valence-corrected chi connectivity index (χ0v) is 13.3. The SMILES string of the molecule is CC(=O)O[C@@H]1C[C@@H]2O[C@@H]3C=C(C)CC[C@@]3(C)[C@@]1(C)[C@]21CO1. The molecule has 4 rings (SSSR count). The highest BCUT2D eigenvalue weighted by molar-refractivity contribution is 5.66. The van der Waals surface area contributed by atoms with Crippen molar-refractivity contribution < 1.29 is 19.0 Å². The molecule has 0 aromatic rings. The third-order valence-corrected chi connectivity index (χ3v) is 6.83. The van der Waals surface area contributed by atoms with Crippen molar-refractivity contribution in [1.82, 2.24) is 0 Å². The lowest BCUT2D eigenvalue weighted by atomic mass is 9.52. The molecular weight excluding hydrogens is 268 g/mol. The van der Waals surface area contributed by atoms with Gasteiger partial charge in [-0.2, -0.15) is 0 Å². The molecule has 4 heteroatoms. The van der Waals surface area contributed by atoms with Crippen LogP contribution in [-0.2, 0) is 19.0 Å². The second-order valence-electron chi connectivity index (χ2n) is 7.69. The minimum atomic E-state index is -0.239. The van der Waals surface area contributed by atoms with Crippen LogP contribution in [0.25, 0.3) is 0 Å². The Morgan fingerprint density at radius 3 is 2.76 bits per heavy atom. The van der Waals surface area contributed by atoms with Crippen LogP contribution in [0.2, 0.25) is 0 Å². The first kappa shape index (κ1) is 13.8. The average molecular weight is 292 g/mol. The molecule has 0 aromatic carbocycles. The molecule has 4 aliphatic rings. The van der Waals surface area contributed by atoms with Crippen molar-refractivity contribution in [2.24, 2.45) is 10.8 Å². The van der Waals surface area contributed by atoms with Crippen LogP contribution in [0.1, 0.15) is 47.0 Å². The number of hydrogen-bond acceptors (Lipinski definition) is 4. The molecule has 1 saturated carbocycles. The van der Waals surface area contributed by atoms with Gasteiger partial charge in [0.25, 0.3) is 0 Å². The van der Waals surface area contributed by atoms with E-state index in [-0.39, 0.29) is 40.7 Å². The highest BCUT2D eigenvalue weighted by Gasteiger charge is 2.81. The third kappa shape index (κ3) is 1.45. The lowest BCUT2D eigenvalue weighted by Crippen LogP contribution is -2.63. The van der Waals surface area contributed by atoms with Crippen molar-refractivity contribution in [1.29, 1.82) is 0 Å². The first-order chi connectivity index (χ1) is 9.83. The summed E-state index contributed by atoms with van der Waals surface area (Å²) in [5, 5.41) is 0. The highest BCUT2D eigenvalue weighted by atomic mass is 16.6. The molecule has 0 N–H and O–H groups in total. The van der Waals surface area contributed by atoms with E-state index in [9.17, 15) is 4.79 Å². The summed E-state index contributed by atoms with van der Waals surface area (Å²) in [7, 11) is 0. The predicted molar refractivity (Wildman–Crippen MR) is 76.7 cm³/mol. The Hall–Kier alpha value is -0.870. The van der Waals surface area contributed by atoms with Crippen LogP contribution in [0.5, 0.6) is 0 Å². The normalized spacial score (nSPS) is 54.1. The molecule has 2 saturated heterocycles. The quantitative estimate of drug-likeness (QED) is 0.423. The van der Waals surface area contributed by atoms with E-state index in [1.807, 2.05) is 0 Å². The zero-order chi connectivity index (χ0) is 15.0. The molecule has 0 radical (unpaired) electrons. The number of epoxide rings is 1. The summed E-state index contributed by atoms with van der Waals surface area (Å²) in [4.78, 5) is 11.6. The van der Waals surface area contributed by atoms with Crippen LogP contribution in [0.15, 0.2) is 11.6 Å². The number of hydrogen-bond donors (Lipinski definition) is 0. The monoisotopic (exact) mass is 292 g/mol. The Balaban J connectivity index is 1.82. The second-order valence-corrected chi connectivity index (χ2v) is 7.69. The molecule has 1 spiro atoms. The molecule has 6 atom stereocenters. The molecule has 2 bridgehead atoms. The Morgan fingerprint density at radius 1 is 1.43 bits per heavy atom. The zero-order valence-electron chi connectivity index (χ0n) is 13.3. The summed E-state index contributed by atoms with van der Waals surface area (Å²) in [5.74, 6) is -0.202.